The number of nitrogens with zero attached hydrogens (tertiary/aromatic N) is 1. The van der Waals surface area contributed by atoms with Gasteiger partial charge in [0.15, 0.2) is 6.10 Å². The van der Waals surface area contributed by atoms with E-state index < -0.39 is 12.1 Å². The Morgan fingerprint density at radius 2 is 2.23 bits per heavy atom. The Hall–Kier alpha value is -2.63. The Balaban J connectivity index is 2.03. The molecule has 6 nitrogen and oxygen atoms in total. The number of aromatic amines is 1. The summed E-state index contributed by atoms with van der Waals surface area (Å²) in [5.74, 6) is -0.0702. The first-order valence-electron chi connectivity index (χ1n) is 7.15. The van der Waals surface area contributed by atoms with Crippen molar-refractivity contribution in [2.45, 2.75) is 25.4 Å². The molecule has 2 unspecified atom stereocenters. The van der Waals surface area contributed by atoms with Gasteiger partial charge in [0.1, 0.15) is 5.75 Å². The normalized spacial score (nSPS) is 19.9. The molecule has 22 heavy (non-hydrogen) atoms. The van der Waals surface area contributed by atoms with Gasteiger partial charge < -0.3 is 14.5 Å². The van der Waals surface area contributed by atoms with Gasteiger partial charge in [0, 0.05) is 29.7 Å². The number of hydrogen-bond acceptors (Lipinski definition) is 5. The zero-order valence-electron chi connectivity index (χ0n) is 12.1. The Labute approximate surface area is 127 Å². The van der Waals surface area contributed by atoms with Crippen molar-refractivity contribution in [3.63, 3.8) is 0 Å². The van der Waals surface area contributed by atoms with Gasteiger partial charge in [0.05, 0.1) is 12.9 Å². The molecule has 1 aliphatic rings. The smallest absolute Gasteiger partial charge is 0.347 e. The number of para-hydroxylation sites is 1. The first-order valence-corrected chi connectivity index (χ1v) is 7.15. The molecular formula is C16H16N2O4. The topological polar surface area (TPSA) is 81.3 Å². The molecule has 0 saturated carbocycles. The van der Waals surface area contributed by atoms with Crippen molar-refractivity contribution < 1.29 is 14.3 Å². The minimum Gasteiger partial charge on any atom is -0.478 e. The molecule has 3 rings (SSSR count). The summed E-state index contributed by atoms with van der Waals surface area (Å²) >= 11 is 0. The highest BCUT2D eigenvalue weighted by Crippen LogP contribution is 2.39. The number of H-pyrrole nitrogens is 1. The molecule has 1 aliphatic heterocycles. The van der Waals surface area contributed by atoms with E-state index in [2.05, 4.69) is 9.97 Å². The Kier molecular flexibility index (Phi) is 3.91. The molecule has 0 amide bonds. The second-order valence-corrected chi connectivity index (χ2v) is 5.02. The molecule has 0 radical (unpaired) electrons. The highest BCUT2D eigenvalue weighted by molar-refractivity contribution is 5.76. The second-order valence-electron chi connectivity index (χ2n) is 5.02. The van der Waals surface area contributed by atoms with Crippen LogP contribution in [0.3, 0.4) is 0 Å². The summed E-state index contributed by atoms with van der Waals surface area (Å²) in [4.78, 5) is 30.7. The van der Waals surface area contributed by atoms with Crippen LogP contribution in [-0.2, 0) is 9.53 Å². The Morgan fingerprint density at radius 3 is 3.00 bits per heavy atom. The van der Waals surface area contributed by atoms with Gasteiger partial charge >= 0.3 is 5.97 Å². The summed E-state index contributed by atoms with van der Waals surface area (Å²) in [6.45, 7) is 2.04. The van der Waals surface area contributed by atoms with E-state index in [0.717, 1.165) is 5.56 Å². The van der Waals surface area contributed by atoms with Crippen LogP contribution >= 0.6 is 0 Å². The summed E-state index contributed by atoms with van der Waals surface area (Å²) in [5, 5.41) is 0. The molecule has 0 saturated heterocycles. The van der Waals surface area contributed by atoms with Gasteiger partial charge in [0.25, 0.3) is 5.56 Å². The third-order valence-corrected chi connectivity index (χ3v) is 3.68. The van der Waals surface area contributed by atoms with E-state index in [9.17, 15) is 9.59 Å². The fourth-order valence-electron chi connectivity index (χ4n) is 2.70. The molecule has 114 valence electrons. The van der Waals surface area contributed by atoms with Crippen LogP contribution in [0.5, 0.6) is 5.75 Å². The fraction of sp³-hybridized carbons (Fsp3) is 0.312. The fourth-order valence-corrected chi connectivity index (χ4v) is 2.70. The molecule has 2 heterocycles. The lowest BCUT2D eigenvalue weighted by Gasteiger charge is -2.30. The summed E-state index contributed by atoms with van der Waals surface area (Å²) in [5.41, 5.74) is 1.19. The van der Waals surface area contributed by atoms with Crippen LogP contribution < -0.4 is 10.3 Å². The van der Waals surface area contributed by atoms with Gasteiger partial charge in [-0.25, -0.2) is 9.78 Å². The number of carbonyl (C=O) groups is 1. The molecule has 0 spiro atoms. The van der Waals surface area contributed by atoms with E-state index in [1.807, 2.05) is 18.2 Å². The van der Waals surface area contributed by atoms with Crippen LogP contribution in [0, 0.1) is 0 Å². The lowest BCUT2D eigenvalue weighted by Crippen LogP contribution is -2.36. The number of nitrogens with one attached hydrogen (secondary N) is 1. The Bertz CT molecular complexity index is 741. The van der Waals surface area contributed by atoms with Gasteiger partial charge in [-0.05, 0) is 13.0 Å². The second kappa shape index (κ2) is 6.01. The van der Waals surface area contributed by atoms with E-state index in [1.54, 1.807) is 13.0 Å². The van der Waals surface area contributed by atoms with Crippen molar-refractivity contribution in [3.05, 3.63) is 58.3 Å². The first-order chi connectivity index (χ1) is 10.7. The molecule has 2 aromatic rings. The van der Waals surface area contributed by atoms with E-state index in [1.165, 1.54) is 12.5 Å². The van der Waals surface area contributed by atoms with Gasteiger partial charge in [-0.1, -0.05) is 18.2 Å². The number of ether oxygens (including phenoxy) is 2. The largest absolute Gasteiger partial charge is 0.478 e. The highest BCUT2D eigenvalue weighted by Gasteiger charge is 2.35. The molecule has 1 N–H and O–H groups in total. The maximum Gasteiger partial charge on any atom is 0.347 e. The monoisotopic (exact) mass is 300 g/mol. The van der Waals surface area contributed by atoms with Gasteiger partial charge in [-0.2, -0.15) is 0 Å². The van der Waals surface area contributed by atoms with Crippen LogP contribution in [0.4, 0.5) is 0 Å². The average Bonchev–Trinajstić information content (AvgIpc) is 2.54. The zero-order chi connectivity index (χ0) is 15.5. The van der Waals surface area contributed by atoms with Crippen LogP contribution in [0.2, 0.25) is 0 Å². The van der Waals surface area contributed by atoms with Crippen molar-refractivity contribution in [1.82, 2.24) is 9.97 Å². The maximum atomic E-state index is 12.1. The predicted octanol–water partition coefficient (Wildman–Crippen LogP) is 1.62. The number of fused-ring (bicyclic) bond motifs is 1. The number of carbonyl (C=O) groups excluding carboxylic acids is 1. The minimum atomic E-state index is -0.723. The van der Waals surface area contributed by atoms with E-state index >= 15 is 0 Å². The molecule has 0 fully saturated rings. The summed E-state index contributed by atoms with van der Waals surface area (Å²) in [6.07, 6.45) is 2.51. The molecule has 2 atom stereocenters. The minimum absolute atomic E-state index is 0.209. The van der Waals surface area contributed by atoms with Gasteiger partial charge in [-0.3, -0.25) is 4.79 Å². The lowest BCUT2D eigenvalue weighted by atomic mass is 9.85. The number of rotatable bonds is 3. The third-order valence-electron chi connectivity index (χ3n) is 3.68. The summed E-state index contributed by atoms with van der Waals surface area (Å²) in [7, 11) is 0. The Morgan fingerprint density at radius 1 is 1.41 bits per heavy atom. The molecular weight excluding hydrogens is 284 g/mol. The number of esters is 1. The SMILES string of the molecule is CCOC(=O)C1CC(c2cnc[nH]c2=O)c2ccccc2O1. The molecule has 0 bridgehead atoms. The lowest BCUT2D eigenvalue weighted by molar-refractivity contribution is -0.152. The van der Waals surface area contributed by atoms with Crippen molar-refractivity contribution in [3.8, 4) is 5.75 Å². The number of hydrogen-bond donors (Lipinski definition) is 1. The van der Waals surface area contributed by atoms with E-state index in [0.29, 0.717) is 24.3 Å². The van der Waals surface area contributed by atoms with Gasteiger partial charge in [0.2, 0.25) is 0 Å². The quantitative estimate of drug-likeness (QED) is 0.871. The van der Waals surface area contributed by atoms with Crippen LogP contribution in [0.15, 0.2) is 41.6 Å². The maximum absolute atomic E-state index is 12.1. The first kappa shape index (κ1) is 14.3. The van der Waals surface area contributed by atoms with Crippen molar-refractivity contribution in [1.29, 1.82) is 0 Å². The molecule has 1 aromatic heterocycles. The highest BCUT2D eigenvalue weighted by atomic mass is 16.6. The van der Waals surface area contributed by atoms with Gasteiger partial charge in [-0.15, -0.1) is 0 Å². The molecule has 0 aliphatic carbocycles. The van der Waals surface area contributed by atoms with Crippen LogP contribution in [0.25, 0.3) is 0 Å². The summed E-state index contributed by atoms with van der Waals surface area (Å²) in [6, 6.07) is 7.40. The average molecular weight is 300 g/mol. The van der Waals surface area contributed by atoms with Crippen molar-refractivity contribution >= 4 is 5.97 Å². The van der Waals surface area contributed by atoms with Crippen molar-refractivity contribution in [2.24, 2.45) is 0 Å². The van der Waals surface area contributed by atoms with Crippen LogP contribution in [-0.4, -0.2) is 28.6 Å². The summed E-state index contributed by atoms with van der Waals surface area (Å²) < 4.78 is 10.8. The molecule has 6 heteroatoms. The zero-order valence-corrected chi connectivity index (χ0v) is 12.1. The number of benzene rings is 1. The predicted molar refractivity (Wildman–Crippen MR) is 78.8 cm³/mol. The number of aromatic nitrogens is 2. The van der Waals surface area contributed by atoms with Crippen LogP contribution in [0.1, 0.15) is 30.4 Å². The third kappa shape index (κ3) is 2.59. The molecule has 1 aromatic carbocycles. The van der Waals surface area contributed by atoms with Crippen molar-refractivity contribution in [2.75, 3.05) is 6.61 Å². The van der Waals surface area contributed by atoms with E-state index in [4.69, 9.17) is 9.47 Å². The van der Waals surface area contributed by atoms with E-state index in [-0.39, 0.29) is 11.5 Å². The standard InChI is InChI=1S/C16H16N2O4/c1-2-21-16(20)14-7-11(12-8-17-9-18-15(12)19)10-5-3-4-6-13(10)22-14/h3-6,8-9,11,14H,2,7H2,1H3,(H,17,18,19).